The molecule has 2 aromatic heterocycles. The van der Waals surface area contributed by atoms with Crippen molar-refractivity contribution >= 4 is 84.8 Å². The monoisotopic (exact) mass is 978 g/mol. The minimum Gasteiger partial charge on any atom is -0.479 e. The van der Waals surface area contributed by atoms with Gasteiger partial charge in [-0.05, 0) is 86.7 Å². The fraction of sp³-hybridized carbons (Fsp3) is 0.400. The quantitative estimate of drug-likeness (QED) is 0.0623. The van der Waals surface area contributed by atoms with Crippen LogP contribution in [0.15, 0.2) is 71.5 Å². The van der Waals surface area contributed by atoms with Crippen molar-refractivity contribution in [3.05, 3.63) is 92.7 Å². The second-order valence-corrected chi connectivity index (χ2v) is 20.8. The number of nitrogens with one attached hydrogen (secondary N) is 3. The van der Waals surface area contributed by atoms with Gasteiger partial charge < -0.3 is 35.6 Å². The van der Waals surface area contributed by atoms with E-state index in [0.717, 1.165) is 17.0 Å². The molecule has 6 N–H and O–H groups in total. The van der Waals surface area contributed by atoms with Gasteiger partial charge in [-0.25, -0.2) is 22.8 Å². The molecule has 3 atom stereocenters. The number of ether oxygens (including phenoxy) is 1. The van der Waals surface area contributed by atoms with Crippen molar-refractivity contribution in [1.29, 1.82) is 0 Å². The number of aryl methyl sites for hydroxylation is 1. The van der Waals surface area contributed by atoms with Crippen LogP contribution < -0.4 is 31.3 Å². The van der Waals surface area contributed by atoms with Gasteiger partial charge in [0.1, 0.15) is 11.1 Å². The molecule has 2 amide bonds. The van der Waals surface area contributed by atoms with Gasteiger partial charge in [-0.15, -0.1) is 11.3 Å². The van der Waals surface area contributed by atoms with Crippen molar-refractivity contribution in [2.24, 2.45) is 7.05 Å². The molecule has 0 radical (unpaired) electrons. The molecule has 0 saturated carbocycles. The smallest absolute Gasteiger partial charge is 0.349 e. The molecular weight excluding hydrogens is 928 g/mol. The van der Waals surface area contributed by atoms with Crippen LogP contribution in [0.5, 0.6) is 5.75 Å². The predicted molar refractivity (Wildman–Crippen MR) is 253 cm³/mol. The van der Waals surface area contributed by atoms with Crippen LogP contribution in [0, 0.1) is 0 Å². The standard InChI is InChI=1S/C45H51ClN8O11S2/c1-45(2)23-30(47-29-9-5-7-27(21-29)39-37(46)38(65-24-36(56)57)40(66-39)42(59)60)14-15-53(45)67(63,64)25-26-6-4-8-28(20-26)48-43(61)52-18-16-51(17-19-52)31-10-11-32-34(22-31)50(3)44(62)54(32)33-12-13-35(55)49-41(33)58/h4-11,20-22,30,33,43,47-48,61H,12-19,23-25H2,1-3H3,(H,56,57)(H,59,60)(H,49,55,58)/t30-,33?,43?/m0/s1. The van der Waals surface area contributed by atoms with Crippen LogP contribution in [0.25, 0.3) is 21.5 Å². The van der Waals surface area contributed by atoms with Crippen molar-refractivity contribution < 1.29 is 47.7 Å². The number of amides is 2. The molecule has 67 heavy (non-hydrogen) atoms. The van der Waals surface area contributed by atoms with Crippen molar-refractivity contribution in [2.45, 2.75) is 69.3 Å². The van der Waals surface area contributed by atoms with Gasteiger partial charge in [0.25, 0.3) is 0 Å². The lowest BCUT2D eigenvalue weighted by Crippen LogP contribution is -2.55. The fourth-order valence-electron chi connectivity index (χ4n) is 9.28. The summed E-state index contributed by atoms with van der Waals surface area (Å²) in [5.74, 6) is -3.86. The summed E-state index contributed by atoms with van der Waals surface area (Å²) in [6, 6.07) is 18.9. The van der Waals surface area contributed by atoms with Crippen LogP contribution in [0.3, 0.4) is 0 Å². The largest absolute Gasteiger partial charge is 0.479 e. The van der Waals surface area contributed by atoms with Gasteiger partial charge in [-0.1, -0.05) is 35.9 Å². The summed E-state index contributed by atoms with van der Waals surface area (Å²) in [4.78, 5) is 64.8. The van der Waals surface area contributed by atoms with Crippen LogP contribution in [-0.2, 0) is 37.2 Å². The molecule has 19 nitrogen and oxygen atoms in total. The number of piperazine rings is 1. The first-order valence-electron chi connectivity index (χ1n) is 21.6. The summed E-state index contributed by atoms with van der Waals surface area (Å²) in [6.45, 7) is 5.45. The topological polar surface area (TPSA) is 245 Å². The number of anilines is 3. The maximum absolute atomic E-state index is 14.0. The third kappa shape index (κ3) is 10.0. The van der Waals surface area contributed by atoms with Crippen LogP contribution in [0.4, 0.5) is 17.1 Å². The van der Waals surface area contributed by atoms with E-state index in [-0.39, 0.29) is 58.4 Å². The number of sulfonamides is 1. The number of hydrogen-bond acceptors (Lipinski definition) is 14. The van der Waals surface area contributed by atoms with Crippen molar-refractivity contribution in [3.63, 3.8) is 0 Å². The lowest BCUT2D eigenvalue weighted by molar-refractivity contribution is -0.139. The summed E-state index contributed by atoms with van der Waals surface area (Å²) >= 11 is 7.40. The summed E-state index contributed by atoms with van der Waals surface area (Å²) in [5, 5.41) is 39.0. The summed E-state index contributed by atoms with van der Waals surface area (Å²) in [6.07, 6.45) is 0.354. The predicted octanol–water partition coefficient (Wildman–Crippen LogP) is 4.56. The number of aliphatic carboxylic acids is 1. The number of carboxylic acid groups (broad SMARTS) is 2. The Morgan fingerprint density at radius 2 is 1.69 bits per heavy atom. The highest BCUT2D eigenvalue weighted by atomic mass is 35.5. The summed E-state index contributed by atoms with van der Waals surface area (Å²) in [5.41, 5.74) is 3.48. The van der Waals surface area contributed by atoms with Gasteiger partial charge in [0.2, 0.25) is 21.8 Å². The fourth-order valence-corrected chi connectivity index (χ4v) is 12.6. The number of imide groups is 1. The van der Waals surface area contributed by atoms with Gasteiger partial charge in [0, 0.05) is 74.8 Å². The molecule has 5 heterocycles. The molecule has 0 spiro atoms. The number of halogens is 1. The number of carboxylic acids is 2. The van der Waals surface area contributed by atoms with E-state index in [0.29, 0.717) is 77.4 Å². The number of aromatic carboxylic acids is 1. The van der Waals surface area contributed by atoms with E-state index in [9.17, 15) is 42.6 Å². The van der Waals surface area contributed by atoms with Crippen molar-refractivity contribution in [2.75, 3.05) is 54.9 Å². The molecule has 0 aliphatic carbocycles. The first-order valence-corrected chi connectivity index (χ1v) is 24.4. The average Bonchev–Trinajstić information content (AvgIpc) is 3.73. The number of thiophene rings is 1. The average molecular weight is 980 g/mol. The minimum absolute atomic E-state index is 0.000726. The van der Waals surface area contributed by atoms with E-state index < -0.39 is 52.4 Å². The molecule has 2 unspecified atom stereocenters. The highest BCUT2D eigenvalue weighted by Crippen LogP contribution is 2.46. The molecule has 8 rings (SSSR count). The number of aliphatic hydroxyl groups excluding tert-OH is 1. The first kappa shape index (κ1) is 47.5. The number of carbonyl (C=O) groups excluding carboxylic acids is 2. The molecule has 3 aliphatic heterocycles. The van der Waals surface area contributed by atoms with E-state index in [1.54, 1.807) is 53.8 Å². The Hall–Kier alpha value is -5.97. The lowest BCUT2D eigenvalue weighted by Gasteiger charge is -2.45. The Labute approximate surface area is 394 Å². The number of hydrogen-bond donors (Lipinski definition) is 6. The molecular formula is C45H51ClN8O11S2. The highest BCUT2D eigenvalue weighted by molar-refractivity contribution is 7.88. The minimum atomic E-state index is -3.79. The van der Waals surface area contributed by atoms with Crippen LogP contribution in [-0.4, -0.2) is 123 Å². The van der Waals surface area contributed by atoms with Gasteiger partial charge in [-0.2, -0.15) is 4.31 Å². The van der Waals surface area contributed by atoms with E-state index >= 15 is 0 Å². The number of rotatable bonds is 15. The third-order valence-electron chi connectivity index (χ3n) is 12.5. The number of aliphatic hydroxyl groups is 1. The Kier molecular flexibility index (Phi) is 13.4. The Bertz CT molecular complexity index is 2930. The Morgan fingerprint density at radius 1 is 0.955 bits per heavy atom. The van der Waals surface area contributed by atoms with Crippen LogP contribution in [0.1, 0.15) is 60.8 Å². The van der Waals surface area contributed by atoms with Gasteiger partial charge in [-0.3, -0.25) is 28.9 Å². The molecule has 356 valence electrons. The SMILES string of the molecule is Cn1c(=O)n(C2CCC(=O)NC2=O)c2ccc(N3CCN(C(O)Nc4cccc(CS(=O)(=O)N5CC[C@H](Nc6cccc(-c7sc(C(=O)O)c(OCC(=O)O)c7Cl)c6)CC5(C)C)c4)CC3)cc21. The normalized spacial score (nSPS) is 19.8. The maximum atomic E-state index is 14.0. The van der Waals surface area contributed by atoms with E-state index in [1.165, 1.54) is 9.13 Å². The zero-order valence-electron chi connectivity index (χ0n) is 36.9. The lowest BCUT2D eigenvalue weighted by atomic mass is 9.89. The maximum Gasteiger partial charge on any atom is 0.349 e. The number of aromatic nitrogens is 2. The first-order chi connectivity index (χ1) is 31.8. The highest BCUT2D eigenvalue weighted by Gasteiger charge is 2.42. The second kappa shape index (κ2) is 19.0. The molecule has 22 heteroatoms. The Morgan fingerprint density at radius 3 is 2.39 bits per heavy atom. The number of fused-ring (bicyclic) bond motifs is 1. The summed E-state index contributed by atoms with van der Waals surface area (Å²) in [7, 11) is -2.14. The third-order valence-corrected chi connectivity index (χ3v) is 16.2. The van der Waals surface area contributed by atoms with Gasteiger partial charge >= 0.3 is 17.6 Å². The van der Waals surface area contributed by atoms with Crippen molar-refractivity contribution in [3.8, 4) is 16.2 Å². The Balaban J connectivity index is 0.857. The van der Waals surface area contributed by atoms with E-state index in [1.807, 2.05) is 43.0 Å². The number of imidazole rings is 1. The molecule has 5 aromatic rings. The molecule has 3 aliphatic rings. The van der Waals surface area contributed by atoms with Crippen LogP contribution >= 0.6 is 22.9 Å². The zero-order chi connectivity index (χ0) is 47.9. The second-order valence-electron chi connectivity index (χ2n) is 17.5. The molecule has 0 bridgehead atoms. The van der Waals surface area contributed by atoms with E-state index in [2.05, 4.69) is 20.9 Å². The number of nitrogens with zero attached hydrogens (tertiary/aromatic N) is 5. The number of piperidine rings is 2. The summed E-state index contributed by atoms with van der Waals surface area (Å²) < 4.78 is 37.8. The number of carbonyl (C=O) groups is 4. The zero-order valence-corrected chi connectivity index (χ0v) is 39.3. The molecule has 3 fully saturated rings. The van der Waals surface area contributed by atoms with Crippen LogP contribution in [0.2, 0.25) is 5.02 Å². The van der Waals surface area contributed by atoms with Gasteiger partial charge in [0.05, 0.1) is 21.7 Å². The van der Waals surface area contributed by atoms with E-state index in [4.69, 9.17) is 21.4 Å². The van der Waals surface area contributed by atoms with Crippen molar-refractivity contribution in [1.82, 2.24) is 23.7 Å². The molecule has 3 aromatic carbocycles. The molecule has 3 saturated heterocycles. The number of benzene rings is 3. The van der Waals surface area contributed by atoms with Gasteiger partial charge in [0.15, 0.2) is 23.6 Å².